The van der Waals surface area contributed by atoms with Crippen LogP contribution in [0.1, 0.15) is 12.5 Å². The molecular formula is C26H22Br2NO4P. The molecule has 0 fully saturated rings. The van der Waals surface area contributed by atoms with Crippen molar-refractivity contribution in [2.75, 3.05) is 0 Å². The molecule has 4 aromatic rings. The summed E-state index contributed by atoms with van der Waals surface area (Å²) in [5, 5.41) is 5.17. The lowest BCUT2D eigenvalue weighted by Gasteiger charge is -2.23. The molecule has 0 heterocycles. The van der Waals surface area contributed by atoms with Gasteiger partial charge in [-0.1, -0.05) is 72.8 Å². The maximum absolute atomic E-state index is 12.7. The van der Waals surface area contributed by atoms with Gasteiger partial charge in [-0.05, 0) is 67.9 Å². The number of ether oxygens (including phenoxy) is 1. The largest absolute Gasteiger partial charge is 0.460 e. The minimum absolute atomic E-state index is 0.199. The van der Waals surface area contributed by atoms with E-state index in [-0.39, 0.29) is 6.61 Å². The summed E-state index contributed by atoms with van der Waals surface area (Å²) in [4.78, 5) is 12.7. The monoisotopic (exact) mass is 601 g/mol. The smallest absolute Gasteiger partial charge is 0.382 e. The van der Waals surface area contributed by atoms with Crippen LogP contribution in [0.15, 0.2) is 99.9 Å². The van der Waals surface area contributed by atoms with Gasteiger partial charge in [0.2, 0.25) is 0 Å². The van der Waals surface area contributed by atoms with E-state index in [0.29, 0.717) is 11.5 Å². The molecule has 0 aliphatic carbocycles. The Morgan fingerprint density at radius 2 is 1.50 bits per heavy atom. The van der Waals surface area contributed by atoms with Gasteiger partial charge in [0, 0.05) is 5.39 Å². The number of para-hydroxylation sites is 1. The molecule has 0 aliphatic heterocycles. The van der Waals surface area contributed by atoms with Crippen molar-refractivity contribution < 1.29 is 18.6 Å². The first-order valence-corrected chi connectivity index (χ1v) is 13.3. The Morgan fingerprint density at radius 1 is 0.853 bits per heavy atom. The average Bonchev–Trinajstić information content (AvgIpc) is 2.85. The van der Waals surface area contributed by atoms with Crippen LogP contribution in [0, 0.1) is 0 Å². The SMILES string of the molecule is C[C@H](NP(Oc1c(Br)cccc1Br)Oc1cccc2ccccc12)C(=O)OCc1ccccc1. The van der Waals surface area contributed by atoms with E-state index >= 15 is 0 Å². The summed E-state index contributed by atoms with van der Waals surface area (Å²) in [7, 11) is -1.77. The van der Waals surface area contributed by atoms with Gasteiger partial charge >= 0.3 is 14.5 Å². The molecule has 0 saturated heterocycles. The third kappa shape index (κ3) is 6.36. The maximum atomic E-state index is 12.7. The second-order valence-electron chi connectivity index (χ2n) is 7.41. The molecule has 5 nitrogen and oxygen atoms in total. The van der Waals surface area contributed by atoms with Crippen LogP contribution in [0.25, 0.3) is 10.8 Å². The molecule has 8 heteroatoms. The van der Waals surface area contributed by atoms with Crippen molar-refractivity contribution in [2.24, 2.45) is 0 Å². The molecule has 0 aromatic heterocycles. The zero-order valence-corrected chi connectivity index (χ0v) is 22.3. The van der Waals surface area contributed by atoms with Crippen LogP contribution in [-0.4, -0.2) is 12.0 Å². The van der Waals surface area contributed by atoms with Crippen LogP contribution in [0.4, 0.5) is 0 Å². The van der Waals surface area contributed by atoms with Crippen LogP contribution in [0.3, 0.4) is 0 Å². The molecule has 1 N–H and O–H groups in total. The predicted molar refractivity (Wildman–Crippen MR) is 143 cm³/mol. The van der Waals surface area contributed by atoms with E-state index in [2.05, 4.69) is 36.9 Å². The molecule has 4 rings (SSSR count). The number of benzene rings is 4. The van der Waals surface area contributed by atoms with E-state index in [0.717, 1.165) is 25.3 Å². The summed E-state index contributed by atoms with van der Waals surface area (Å²) in [5.41, 5.74) is 0.922. The quantitative estimate of drug-likeness (QED) is 0.157. The van der Waals surface area contributed by atoms with E-state index in [9.17, 15) is 4.79 Å². The van der Waals surface area contributed by atoms with Gasteiger partial charge in [-0.25, -0.2) is 5.09 Å². The molecule has 1 unspecified atom stereocenters. The Hall–Kier alpha value is -2.44. The third-order valence-electron chi connectivity index (χ3n) is 4.90. The minimum Gasteiger partial charge on any atom is -0.460 e. The fourth-order valence-electron chi connectivity index (χ4n) is 3.15. The van der Waals surface area contributed by atoms with Gasteiger partial charge in [0.05, 0.1) is 8.95 Å². The van der Waals surface area contributed by atoms with Crippen molar-refractivity contribution in [1.29, 1.82) is 0 Å². The van der Waals surface area contributed by atoms with E-state index < -0.39 is 20.5 Å². The Labute approximate surface area is 216 Å². The zero-order valence-electron chi connectivity index (χ0n) is 18.3. The standard InChI is InChI=1S/C26H22Br2NO4P/c1-18(26(30)31-17-19-9-3-2-4-10-19)29-34(33-25-22(27)14-8-15-23(25)28)32-24-16-7-12-20-11-5-6-13-21(20)24/h2-16,18,29H,17H2,1H3/t18-,34?/m0/s1. The first-order chi connectivity index (χ1) is 16.5. The van der Waals surface area contributed by atoms with Gasteiger partial charge in [-0.2, -0.15) is 0 Å². The molecule has 174 valence electrons. The molecular weight excluding hydrogens is 581 g/mol. The second kappa shape index (κ2) is 11.8. The van der Waals surface area contributed by atoms with Crippen molar-refractivity contribution in [3.63, 3.8) is 0 Å². The lowest BCUT2D eigenvalue weighted by Crippen LogP contribution is -2.34. The molecule has 0 amide bonds. The van der Waals surface area contributed by atoms with Crippen LogP contribution in [0.2, 0.25) is 0 Å². The highest BCUT2D eigenvalue weighted by molar-refractivity contribution is 9.11. The Morgan fingerprint density at radius 3 is 2.26 bits per heavy atom. The molecule has 0 spiro atoms. The normalized spacial score (nSPS) is 12.7. The van der Waals surface area contributed by atoms with Gasteiger partial charge in [0.25, 0.3) is 0 Å². The summed E-state index contributed by atoms with van der Waals surface area (Å²) in [5.74, 6) is 0.837. The molecule has 0 aliphatic rings. The number of hydrogen-bond acceptors (Lipinski definition) is 5. The molecule has 0 bridgehead atoms. The van der Waals surface area contributed by atoms with E-state index in [4.69, 9.17) is 13.8 Å². The van der Waals surface area contributed by atoms with Crippen molar-refractivity contribution in [3.05, 3.63) is 106 Å². The molecule has 2 atom stereocenters. The van der Waals surface area contributed by atoms with Crippen molar-refractivity contribution >= 4 is 57.1 Å². The number of rotatable bonds is 9. The van der Waals surface area contributed by atoms with E-state index in [1.165, 1.54) is 0 Å². The molecule has 34 heavy (non-hydrogen) atoms. The van der Waals surface area contributed by atoms with E-state index in [1.54, 1.807) is 6.92 Å². The van der Waals surface area contributed by atoms with Gasteiger partial charge in [-0.15, -0.1) is 0 Å². The van der Waals surface area contributed by atoms with Gasteiger partial charge in [0.1, 0.15) is 18.4 Å². The first kappa shape index (κ1) is 24.7. The van der Waals surface area contributed by atoms with Crippen LogP contribution in [-0.2, 0) is 16.1 Å². The number of esters is 1. The Bertz CT molecular complexity index is 1250. The molecule has 0 saturated carbocycles. The highest BCUT2D eigenvalue weighted by Gasteiger charge is 2.26. The van der Waals surface area contributed by atoms with Crippen molar-refractivity contribution in [1.82, 2.24) is 5.09 Å². The summed E-state index contributed by atoms with van der Waals surface area (Å²) in [6, 6.07) is 28.3. The number of carbonyl (C=O) groups is 1. The topological polar surface area (TPSA) is 56.8 Å². The predicted octanol–water partition coefficient (Wildman–Crippen LogP) is 7.77. The van der Waals surface area contributed by atoms with Crippen LogP contribution >= 0.6 is 40.4 Å². The number of halogens is 2. The lowest BCUT2D eigenvalue weighted by atomic mass is 10.1. The Kier molecular flexibility index (Phi) is 8.57. The molecule has 0 radical (unpaired) electrons. The zero-order chi connectivity index (χ0) is 23.9. The number of nitrogens with one attached hydrogen (secondary N) is 1. The minimum atomic E-state index is -1.77. The van der Waals surface area contributed by atoms with Gasteiger partial charge < -0.3 is 13.8 Å². The van der Waals surface area contributed by atoms with Crippen molar-refractivity contribution in [2.45, 2.75) is 19.6 Å². The highest BCUT2D eigenvalue weighted by atomic mass is 79.9. The fourth-order valence-corrected chi connectivity index (χ4v) is 5.83. The highest BCUT2D eigenvalue weighted by Crippen LogP contribution is 2.45. The van der Waals surface area contributed by atoms with Crippen molar-refractivity contribution in [3.8, 4) is 11.5 Å². The van der Waals surface area contributed by atoms with Gasteiger partial charge in [-0.3, -0.25) is 4.79 Å². The summed E-state index contributed by atoms with van der Waals surface area (Å²) >= 11 is 7.05. The number of fused-ring (bicyclic) bond motifs is 1. The number of hydrogen-bond donors (Lipinski definition) is 1. The van der Waals surface area contributed by atoms with E-state index in [1.807, 2.05) is 91.0 Å². The lowest BCUT2D eigenvalue weighted by molar-refractivity contribution is -0.146. The third-order valence-corrected chi connectivity index (χ3v) is 7.46. The number of carbonyl (C=O) groups excluding carboxylic acids is 1. The maximum Gasteiger partial charge on any atom is 0.382 e. The summed E-state index contributed by atoms with van der Waals surface area (Å²) in [6.45, 7) is 1.93. The van der Waals surface area contributed by atoms with Crippen LogP contribution < -0.4 is 14.1 Å². The first-order valence-electron chi connectivity index (χ1n) is 10.6. The summed E-state index contributed by atoms with van der Waals surface area (Å²) in [6.07, 6.45) is 0. The van der Waals surface area contributed by atoms with Crippen LogP contribution in [0.5, 0.6) is 11.5 Å². The Balaban J connectivity index is 1.53. The summed E-state index contributed by atoms with van der Waals surface area (Å²) < 4.78 is 19.6. The fraction of sp³-hybridized carbons (Fsp3) is 0.115. The molecule has 4 aromatic carbocycles. The average molecular weight is 603 g/mol. The second-order valence-corrected chi connectivity index (χ2v) is 10.3. The van der Waals surface area contributed by atoms with Gasteiger partial charge in [0.15, 0.2) is 5.75 Å².